The van der Waals surface area contributed by atoms with Crippen molar-refractivity contribution in [2.24, 2.45) is 5.14 Å². The van der Waals surface area contributed by atoms with Gasteiger partial charge in [-0.2, -0.15) is 13.1 Å². The predicted molar refractivity (Wildman–Crippen MR) is 52.1 cm³/mol. The van der Waals surface area contributed by atoms with Crippen LogP contribution in [0.4, 0.5) is 0 Å². The van der Waals surface area contributed by atoms with Gasteiger partial charge in [-0.05, 0) is 5.56 Å². The summed E-state index contributed by atoms with van der Waals surface area (Å²) in [6, 6.07) is 9.16. The molecule has 1 aromatic carbocycles. The molecule has 0 heterocycles. The van der Waals surface area contributed by atoms with E-state index in [1.54, 1.807) is 0 Å². The molecule has 0 saturated carbocycles. The van der Waals surface area contributed by atoms with Crippen LogP contribution in [0.15, 0.2) is 30.3 Å². The normalized spacial score (nSPS) is 10.5. The molecule has 4 nitrogen and oxygen atoms in total. The van der Waals surface area contributed by atoms with E-state index in [0.717, 1.165) is 5.56 Å². The fraction of sp³-hybridized carbons (Fsp3) is 0.143. The van der Waals surface area contributed by atoms with Crippen LogP contribution in [-0.2, 0) is 16.8 Å². The molecule has 0 saturated heterocycles. The summed E-state index contributed by atoms with van der Waals surface area (Å²) in [5, 5.41) is 4.74. The van der Waals surface area contributed by atoms with Crippen molar-refractivity contribution in [2.75, 3.05) is 0 Å². The average molecular weight is 225 g/mol. The van der Waals surface area contributed by atoms with Gasteiger partial charge in [-0.1, -0.05) is 30.3 Å². The Hall–Kier alpha value is 0.726. The van der Waals surface area contributed by atoms with Crippen LogP contribution in [-0.4, -0.2) is 59.8 Å². The van der Waals surface area contributed by atoms with Gasteiger partial charge in [0.1, 0.15) is 0 Å². The van der Waals surface area contributed by atoms with Gasteiger partial charge in [0.25, 0.3) is 10.2 Å². The molecule has 0 unspecified atom stereocenters. The predicted octanol–water partition coefficient (Wildman–Crippen LogP) is -0.401. The van der Waals surface area contributed by atoms with Crippen LogP contribution < -0.4 is 9.86 Å². The largest absolute Gasteiger partial charge is 0.274 e. The van der Waals surface area contributed by atoms with Crippen molar-refractivity contribution in [1.29, 1.82) is 0 Å². The molecule has 1 rings (SSSR count). The summed E-state index contributed by atoms with van der Waals surface area (Å²) >= 11 is 0. The van der Waals surface area contributed by atoms with Crippen molar-refractivity contribution >= 4 is 61.6 Å². The van der Waals surface area contributed by atoms with Gasteiger partial charge >= 0.3 is 0 Å². The Kier molecular flexibility index (Phi) is 6.60. The molecular formula is C7H10KN2O2S. The zero-order valence-corrected chi connectivity index (χ0v) is 11.3. The molecule has 6 heteroatoms. The molecule has 3 N–H and O–H groups in total. The molecule has 0 fully saturated rings. The van der Waals surface area contributed by atoms with E-state index in [1.807, 2.05) is 30.3 Å². The maximum absolute atomic E-state index is 10.5. The van der Waals surface area contributed by atoms with Crippen molar-refractivity contribution in [3.8, 4) is 0 Å². The van der Waals surface area contributed by atoms with Crippen LogP contribution in [0, 0.1) is 0 Å². The van der Waals surface area contributed by atoms with E-state index in [9.17, 15) is 8.42 Å². The van der Waals surface area contributed by atoms with E-state index < -0.39 is 10.2 Å². The minimum atomic E-state index is -3.57. The van der Waals surface area contributed by atoms with Crippen LogP contribution in [0.3, 0.4) is 0 Å². The Labute approximate surface area is 121 Å². The van der Waals surface area contributed by atoms with Crippen LogP contribution in [0.5, 0.6) is 0 Å². The van der Waals surface area contributed by atoms with Crippen molar-refractivity contribution in [1.82, 2.24) is 4.72 Å². The Balaban J connectivity index is 0.00000144. The molecular weight excluding hydrogens is 215 g/mol. The summed E-state index contributed by atoms with van der Waals surface area (Å²) < 4.78 is 23.1. The van der Waals surface area contributed by atoms with Crippen LogP contribution in [0.1, 0.15) is 5.56 Å². The average Bonchev–Trinajstić information content (AvgIpc) is 2.02. The van der Waals surface area contributed by atoms with Gasteiger partial charge in [0, 0.05) is 57.9 Å². The molecule has 1 aromatic rings. The number of hydrogen-bond donors (Lipinski definition) is 2. The summed E-state index contributed by atoms with van der Waals surface area (Å²) in [5.41, 5.74) is 0.881. The summed E-state index contributed by atoms with van der Waals surface area (Å²) in [7, 11) is -3.57. The Morgan fingerprint density at radius 1 is 1.23 bits per heavy atom. The monoisotopic (exact) mass is 225 g/mol. The minimum Gasteiger partial charge on any atom is -0.216 e. The van der Waals surface area contributed by atoms with E-state index >= 15 is 0 Å². The van der Waals surface area contributed by atoms with Crippen molar-refractivity contribution in [3.63, 3.8) is 0 Å². The Morgan fingerprint density at radius 3 is 2.23 bits per heavy atom. The quantitative estimate of drug-likeness (QED) is 0.687. The van der Waals surface area contributed by atoms with Crippen molar-refractivity contribution < 1.29 is 8.42 Å². The summed E-state index contributed by atoms with van der Waals surface area (Å²) in [6.07, 6.45) is 0. The van der Waals surface area contributed by atoms with Gasteiger partial charge < -0.3 is 0 Å². The third kappa shape index (κ3) is 6.75. The Morgan fingerprint density at radius 2 is 1.77 bits per heavy atom. The number of rotatable bonds is 3. The van der Waals surface area contributed by atoms with E-state index in [1.165, 1.54) is 0 Å². The van der Waals surface area contributed by atoms with Crippen LogP contribution >= 0.6 is 0 Å². The zero-order chi connectivity index (χ0) is 9.03. The first-order valence-electron chi connectivity index (χ1n) is 3.39. The van der Waals surface area contributed by atoms with E-state index in [-0.39, 0.29) is 57.9 Å². The first kappa shape index (κ1) is 13.7. The third-order valence-electron chi connectivity index (χ3n) is 1.32. The SMILES string of the molecule is NS(=O)(=O)NCc1ccccc1.[K]. The second-order valence-electron chi connectivity index (χ2n) is 2.35. The number of nitrogens with one attached hydrogen (secondary N) is 1. The van der Waals surface area contributed by atoms with Crippen LogP contribution in [0.25, 0.3) is 0 Å². The molecule has 1 radical (unpaired) electrons. The van der Waals surface area contributed by atoms with Gasteiger partial charge in [0.2, 0.25) is 0 Å². The molecule has 67 valence electrons. The molecule has 0 aliphatic carbocycles. The van der Waals surface area contributed by atoms with Gasteiger partial charge in [0.05, 0.1) is 0 Å². The third-order valence-corrected chi connectivity index (χ3v) is 1.87. The van der Waals surface area contributed by atoms with Gasteiger partial charge in [0.15, 0.2) is 0 Å². The zero-order valence-electron chi connectivity index (χ0n) is 7.40. The molecule has 0 aliphatic heterocycles. The van der Waals surface area contributed by atoms with Crippen molar-refractivity contribution in [3.05, 3.63) is 35.9 Å². The minimum absolute atomic E-state index is 0. The second kappa shape index (κ2) is 6.26. The van der Waals surface area contributed by atoms with E-state index in [0.29, 0.717) is 0 Å². The van der Waals surface area contributed by atoms with E-state index in [2.05, 4.69) is 4.72 Å². The number of benzene rings is 1. The van der Waals surface area contributed by atoms with E-state index in [4.69, 9.17) is 5.14 Å². The van der Waals surface area contributed by atoms with Crippen LogP contribution in [0.2, 0.25) is 0 Å². The topological polar surface area (TPSA) is 72.2 Å². The van der Waals surface area contributed by atoms with Crippen molar-refractivity contribution in [2.45, 2.75) is 6.54 Å². The molecule has 0 aromatic heterocycles. The molecule has 0 atom stereocenters. The Bertz CT molecular complexity index is 339. The fourth-order valence-electron chi connectivity index (χ4n) is 0.780. The molecule has 13 heavy (non-hydrogen) atoms. The first-order valence-corrected chi connectivity index (χ1v) is 4.94. The first-order chi connectivity index (χ1) is 5.58. The smallest absolute Gasteiger partial charge is 0.216 e. The summed E-state index contributed by atoms with van der Waals surface area (Å²) in [6.45, 7) is 0.236. The molecule has 0 amide bonds. The van der Waals surface area contributed by atoms with Gasteiger partial charge in [-0.15, -0.1) is 0 Å². The maximum atomic E-state index is 10.5. The molecule has 0 bridgehead atoms. The van der Waals surface area contributed by atoms with Gasteiger partial charge in [-0.3, -0.25) is 0 Å². The number of nitrogens with two attached hydrogens (primary N) is 1. The summed E-state index contributed by atoms with van der Waals surface area (Å²) in [5.74, 6) is 0. The summed E-state index contributed by atoms with van der Waals surface area (Å²) in [4.78, 5) is 0. The van der Waals surface area contributed by atoms with Gasteiger partial charge in [-0.25, -0.2) is 5.14 Å². The standard InChI is InChI=1S/C7H10N2O2S.K/c8-12(10,11)9-6-7-4-2-1-3-5-7;/h1-5,9H,6H2,(H2,8,10,11);. The molecule has 0 aliphatic rings. The molecule has 0 spiro atoms. The number of hydrogen-bond acceptors (Lipinski definition) is 2. The second-order valence-corrected chi connectivity index (χ2v) is 3.73. The maximum Gasteiger partial charge on any atom is 0.274 e. The fourth-order valence-corrected chi connectivity index (χ4v) is 1.15.